The summed E-state index contributed by atoms with van der Waals surface area (Å²) in [5.41, 5.74) is 6.10. The molecule has 0 bridgehead atoms. The van der Waals surface area contributed by atoms with Crippen molar-refractivity contribution in [3.8, 4) is 0 Å². The molecule has 0 saturated heterocycles. The molecule has 0 heterocycles. The molecule has 1 aromatic rings. The molecule has 1 aliphatic carbocycles. The lowest BCUT2D eigenvalue weighted by molar-refractivity contribution is 0.0799. The molecule has 0 radical (unpaired) electrons. The van der Waals surface area contributed by atoms with E-state index in [1.807, 2.05) is 6.92 Å². The fraction of sp³-hybridized carbons (Fsp3) is 0.571. The number of hydrogen-bond donors (Lipinski definition) is 2. The van der Waals surface area contributed by atoms with Gasteiger partial charge in [0, 0.05) is 18.5 Å². The highest BCUT2D eigenvalue weighted by Crippen LogP contribution is 2.41. The van der Waals surface area contributed by atoms with Gasteiger partial charge in [-0.1, -0.05) is 6.92 Å². The molecule has 0 spiro atoms. The highest BCUT2D eigenvalue weighted by molar-refractivity contribution is 5.24. The minimum atomic E-state index is -0.649. The van der Waals surface area contributed by atoms with E-state index in [0.717, 1.165) is 18.9 Å². The Hall–Kier alpha value is -1.00. The van der Waals surface area contributed by atoms with Crippen LogP contribution in [0.25, 0.3) is 0 Å². The van der Waals surface area contributed by atoms with Crippen LogP contribution in [-0.4, -0.2) is 17.8 Å². The van der Waals surface area contributed by atoms with Crippen LogP contribution < -0.4 is 5.73 Å². The van der Waals surface area contributed by atoms with Crippen molar-refractivity contribution in [1.29, 1.82) is 0 Å². The molecular weight excluding hydrogens is 236 g/mol. The van der Waals surface area contributed by atoms with Gasteiger partial charge in [-0.25, -0.2) is 8.78 Å². The number of aliphatic hydroxyl groups excluding tert-OH is 1. The third-order valence-corrected chi connectivity index (χ3v) is 3.88. The van der Waals surface area contributed by atoms with Gasteiger partial charge in [-0.05, 0) is 42.4 Å². The molecule has 1 saturated carbocycles. The summed E-state index contributed by atoms with van der Waals surface area (Å²) in [4.78, 5) is 0. The van der Waals surface area contributed by atoms with E-state index in [4.69, 9.17) is 5.73 Å². The summed E-state index contributed by atoms with van der Waals surface area (Å²) < 4.78 is 26.4. The maximum atomic E-state index is 13.2. The molecule has 0 amide bonds. The Balaban J connectivity index is 2.20. The lowest BCUT2D eigenvalue weighted by Crippen LogP contribution is -2.32. The van der Waals surface area contributed by atoms with Gasteiger partial charge >= 0.3 is 0 Å². The Bertz CT molecular complexity index is 400. The first-order valence-electron chi connectivity index (χ1n) is 6.37. The van der Waals surface area contributed by atoms with E-state index in [9.17, 15) is 13.9 Å². The number of halogens is 2. The zero-order valence-corrected chi connectivity index (χ0v) is 10.4. The van der Waals surface area contributed by atoms with E-state index >= 15 is 0 Å². The number of benzene rings is 1. The van der Waals surface area contributed by atoms with Crippen LogP contribution in [0.2, 0.25) is 0 Å². The van der Waals surface area contributed by atoms with Gasteiger partial charge < -0.3 is 10.8 Å². The highest BCUT2D eigenvalue weighted by Gasteiger charge is 2.36. The predicted molar refractivity (Wildman–Crippen MR) is 66.0 cm³/mol. The van der Waals surface area contributed by atoms with Crippen LogP contribution in [0.4, 0.5) is 8.78 Å². The number of aliphatic hydroxyl groups is 1. The lowest BCUT2D eigenvalue weighted by atomic mass is 9.84. The van der Waals surface area contributed by atoms with Crippen molar-refractivity contribution < 1.29 is 13.9 Å². The molecule has 3 unspecified atom stereocenters. The van der Waals surface area contributed by atoms with Gasteiger partial charge in [-0.3, -0.25) is 0 Å². The number of rotatable bonds is 5. The average molecular weight is 255 g/mol. The van der Waals surface area contributed by atoms with Gasteiger partial charge in [-0.15, -0.1) is 0 Å². The van der Waals surface area contributed by atoms with Crippen LogP contribution in [0, 0.1) is 23.5 Å². The molecule has 3 N–H and O–H groups in total. The highest BCUT2D eigenvalue weighted by atomic mass is 19.1. The molecule has 1 fully saturated rings. The van der Waals surface area contributed by atoms with Crippen LogP contribution in [-0.2, 0) is 0 Å². The van der Waals surface area contributed by atoms with Crippen molar-refractivity contribution in [2.24, 2.45) is 17.6 Å². The van der Waals surface area contributed by atoms with Gasteiger partial charge in [0.05, 0.1) is 6.10 Å². The van der Waals surface area contributed by atoms with Gasteiger partial charge in [0.25, 0.3) is 0 Å². The summed E-state index contributed by atoms with van der Waals surface area (Å²) in [5, 5.41) is 10.3. The molecule has 100 valence electrons. The van der Waals surface area contributed by atoms with E-state index in [-0.39, 0.29) is 12.5 Å². The van der Waals surface area contributed by atoms with Crippen LogP contribution in [0.1, 0.15) is 31.2 Å². The smallest absolute Gasteiger partial charge is 0.126 e. The van der Waals surface area contributed by atoms with E-state index in [2.05, 4.69) is 0 Å². The van der Waals surface area contributed by atoms with Crippen LogP contribution in [0.5, 0.6) is 0 Å². The summed E-state index contributed by atoms with van der Waals surface area (Å²) >= 11 is 0. The van der Waals surface area contributed by atoms with Crippen LogP contribution in [0.3, 0.4) is 0 Å². The van der Waals surface area contributed by atoms with Crippen molar-refractivity contribution in [1.82, 2.24) is 0 Å². The minimum Gasteiger partial charge on any atom is -0.392 e. The van der Waals surface area contributed by atoms with Gasteiger partial charge in [0.15, 0.2) is 0 Å². The predicted octanol–water partition coefficient (Wildman–Crippen LogP) is 2.41. The van der Waals surface area contributed by atoms with Gasteiger partial charge in [0.2, 0.25) is 0 Å². The Kier molecular flexibility index (Phi) is 3.97. The maximum Gasteiger partial charge on any atom is 0.126 e. The van der Waals surface area contributed by atoms with E-state index in [1.165, 1.54) is 12.1 Å². The zero-order chi connectivity index (χ0) is 13.3. The van der Waals surface area contributed by atoms with E-state index in [0.29, 0.717) is 11.5 Å². The Morgan fingerprint density at radius 2 is 1.83 bits per heavy atom. The topological polar surface area (TPSA) is 46.2 Å². The molecule has 2 rings (SSSR count). The summed E-state index contributed by atoms with van der Waals surface area (Å²) in [5.74, 6) is -1.03. The normalized spacial score (nSPS) is 20.5. The third-order valence-electron chi connectivity index (χ3n) is 3.88. The summed E-state index contributed by atoms with van der Waals surface area (Å²) in [6.07, 6.45) is 1.59. The molecule has 1 aliphatic rings. The minimum absolute atomic E-state index is 0.116. The summed E-state index contributed by atoms with van der Waals surface area (Å²) in [7, 11) is 0. The first-order chi connectivity index (χ1) is 8.52. The molecule has 0 aliphatic heterocycles. The molecular formula is C14H19F2NO. The van der Waals surface area contributed by atoms with Crippen LogP contribution >= 0.6 is 0 Å². The first kappa shape index (κ1) is 13.4. The van der Waals surface area contributed by atoms with Gasteiger partial charge in [0.1, 0.15) is 11.6 Å². The number of hydrogen-bond acceptors (Lipinski definition) is 2. The fourth-order valence-electron chi connectivity index (χ4n) is 2.53. The van der Waals surface area contributed by atoms with Crippen molar-refractivity contribution >= 4 is 0 Å². The molecule has 4 heteroatoms. The monoisotopic (exact) mass is 255 g/mol. The van der Waals surface area contributed by atoms with Crippen molar-refractivity contribution in [2.45, 2.75) is 31.8 Å². The average Bonchev–Trinajstić information content (AvgIpc) is 3.11. The maximum absolute atomic E-state index is 13.2. The van der Waals surface area contributed by atoms with E-state index in [1.54, 1.807) is 0 Å². The quantitative estimate of drug-likeness (QED) is 0.848. The Morgan fingerprint density at radius 3 is 2.28 bits per heavy atom. The second kappa shape index (κ2) is 5.33. The summed E-state index contributed by atoms with van der Waals surface area (Å²) in [6.45, 7) is 2.15. The van der Waals surface area contributed by atoms with Crippen LogP contribution in [0.15, 0.2) is 18.2 Å². The van der Waals surface area contributed by atoms with Crippen molar-refractivity contribution in [3.05, 3.63) is 35.4 Å². The molecule has 1 aromatic carbocycles. The van der Waals surface area contributed by atoms with E-state index < -0.39 is 23.7 Å². The molecule has 0 aromatic heterocycles. The zero-order valence-electron chi connectivity index (χ0n) is 10.4. The summed E-state index contributed by atoms with van der Waals surface area (Å²) in [6, 6.07) is 3.33. The van der Waals surface area contributed by atoms with Crippen molar-refractivity contribution in [2.75, 3.05) is 6.54 Å². The fourth-order valence-corrected chi connectivity index (χ4v) is 2.53. The Labute approximate surface area is 106 Å². The second-order valence-corrected chi connectivity index (χ2v) is 5.23. The van der Waals surface area contributed by atoms with Crippen molar-refractivity contribution in [3.63, 3.8) is 0 Å². The third kappa shape index (κ3) is 2.87. The molecule has 18 heavy (non-hydrogen) atoms. The molecule has 2 nitrogen and oxygen atoms in total. The number of nitrogens with two attached hydrogens (primary N) is 1. The lowest BCUT2D eigenvalue weighted by Gasteiger charge is -2.27. The largest absolute Gasteiger partial charge is 0.392 e. The standard InChI is InChI=1S/C14H19F2NO/c1-8(9-2-3-9)14(18)13(7-17)10-4-11(15)6-12(16)5-10/h4-6,8-9,13-14,18H,2-3,7,17H2,1H3. The first-order valence-corrected chi connectivity index (χ1v) is 6.37. The Morgan fingerprint density at radius 1 is 1.28 bits per heavy atom. The second-order valence-electron chi connectivity index (χ2n) is 5.23. The SMILES string of the molecule is CC(C1CC1)C(O)C(CN)c1cc(F)cc(F)c1. The molecule has 3 atom stereocenters. The van der Waals surface area contributed by atoms with Gasteiger partial charge in [-0.2, -0.15) is 0 Å².